The number of aromatic nitrogens is 3. The molecule has 1 aromatic heterocycles. The van der Waals surface area contributed by atoms with E-state index in [1.165, 1.54) is 4.80 Å². The van der Waals surface area contributed by atoms with Crippen LogP contribution >= 0.6 is 0 Å². The summed E-state index contributed by atoms with van der Waals surface area (Å²) < 4.78 is 4.70. The lowest BCUT2D eigenvalue weighted by Gasteiger charge is -2.21. The smallest absolute Gasteiger partial charge is 0.363 e. The van der Waals surface area contributed by atoms with Crippen molar-refractivity contribution in [3.8, 4) is 11.4 Å². The van der Waals surface area contributed by atoms with Crippen molar-refractivity contribution in [1.82, 2.24) is 15.0 Å². The monoisotopic (exact) mass is 439 g/mol. The van der Waals surface area contributed by atoms with E-state index in [1.807, 2.05) is 79.5 Å². The summed E-state index contributed by atoms with van der Waals surface area (Å²) >= 11 is 0. The van der Waals surface area contributed by atoms with Crippen molar-refractivity contribution in [2.24, 2.45) is 4.99 Å². The van der Waals surface area contributed by atoms with Gasteiger partial charge in [0.1, 0.15) is 22.5 Å². The molecule has 0 fully saturated rings. The first-order valence-electron chi connectivity index (χ1n) is 10.4. The minimum Gasteiger partial charge on any atom is -0.505 e. The molecule has 1 N–H and O–H groups in total. The predicted molar refractivity (Wildman–Crippen MR) is 126 cm³/mol. The summed E-state index contributed by atoms with van der Waals surface area (Å²) in [4.78, 5) is 19.0. The number of nitrogens with zero attached hydrogens (tertiary/aromatic N) is 5. The first-order valence-corrected chi connectivity index (χ1v) is 10.4. The number of ether oxygens (including phenoxy) is 1. The Labute approximate surface area is 190 Å². The Morgan fingerprint density at radius 3 is 2.39 bits per heavy atom. The lowest BCUT2D eigenvalue weighted by molar-refractivity contribution is -0.129. The molecule has 2 heterocycles. The summed E-state index contributed by atoms with van der Waals surface area (Å²) in [6, 6.07) is 19.1. The van der Waals surface area contributed by atoms with Gasteiger partial charge in [-0.15, -0.1) is 15.0 Å². The van der Waals surface area contributed by atoms with E-state index in [4.69, 9.17) is 4.74 Å². The molecule has 0 radical (unpaired) electrons. The molecular formula is C25H21N5O3. The van der Waals surface area contributed by atoms with Crippen LogP contribution in [0.3, 0.4) is 0 Å². The zero-order chi connectivity index (χ0) is 22.9. The highest BCUT2D eigenvalue weighted by Gasteiger charge is 2.16. The lowest BCUT2D eigenvalue weighted by atomic mass is 10.1. The van der Waals surface area contributed by atoms with Gasteiger partial charge in [0.05, 0.1) is 0 Å². The van der Waals surface area contributed by atoms with Crippen LogP contribution in [-0.4, -0.2) is 39.5 Å². The second-order valence-corrected chi connectivity index (χ2v) is 7.89. The van der Waals surface area contributed by atoms with Gasteiger partial charge in [-0.2, -0.15) is 0 Å². The maximum absolute atomic E-state index is 11.5. The van der Waals surface area contributed by atoms with E-state index in [0.29, 0.717) is 12.2 Å². The van der Waals surface area contributed by atoms with Crippen molar-refractivity contribution in [3.63, 3.8) is 0 Å². The van der Waals surface area contributed by atoms with E-state index in [0.717, 1.165) is 39.8 Å². The standard InChI is InChI=1S/C25H21N5O3/c1-16-11-18(24(31)23(12-16)30-27-20-5-3-4-6-21(20)28-30)14-29(2)19-9-7-17(8-10-19)13-22-25(32)33-15-26-22/h3-13,15,31H,14H2,1-2H3/b22-13-. The van der Waals surface area contributed by atoms with Crippen molar-refractivity contribution >= 4 is 35.2 Å². The minimum absolute atomic E-state index is 0.145. The number of aryl methyl sites for hydroxylation is 1. The predicted octanol–water partition coefficient (Wildman–Crippen LogP) is 4.00. The van der Waals surface area contributed by atoms with Gasteiger partial charge in [-0.1, -0.05) is 30.3 Å². The second kappa shape index (κ2) is 8.23. The number of esters is 1. The number of cyclic esters (lactones) is 1. The van der Waals surface area contributed by atoms with E-state index in [2.05, 4.69) is 15.2 Å². The molecule has 0 aliphatic carbocycles. The highest BCUT2D eigenvalue weighted by atomic mass is 16.5. The van der Waals surface area contributed by atoms with E-state index in [-0.39, 0.29) is 11.4 Å². The Morgan fingerprint density at radius 1 is 1.06 bits per heavy atom. The van der Waals surface area contributed by atoms with Gasteiger partial charge in [-0.05, 0) is 54.5 Å². The quantitative estimate of drug-likeness (QED) is 0.373. The molecule has 0 amide bonds. The molecule has 0 saturated carbocycles. The maximum atomic E-state index is 11.5. The number of aromatic hydroxyl groups is 1. The Morgan fingerprint density at radius 2 is 1.76 bits per heavy atom. The van der Waals surface area contributed by atoms with Gasteiger partial charge >= 0.3 is 5.97 Å². The second-order valence-electron chi connectivity index (χ2n) is 7.89. The largest absolute Gasteiger partial charge is 0.505 e. The molecule has 3 aromatic carbocycles. The number of phenolic OH excluding ortho intramolecular Hbond substituents is 1. The van der Waals surface area contributed by atoms with Crippen LogP contribution in [0.15, 0.2) is 71.4 Å². The molecule has 8 nitrogen and oxygen atoms in total. The van der Waals surface area contributed by atoms with E-state index in [1.54, 1.807) is 6.08 Å². The average Bonchev–Trinajstić information content (AvgIpc) is 3.42. The number of hydrogen-bond donors (Lipinski definition) is 1. The molecule has 1 aliphatic heterocycles. The molecule has 33 heavy (non-hydrogen) atoms. The van der Waals surface area contributed by atoms with Crippen molar-refractivity contribution in [1.29, 1.82) is 0 Å². The highest BCUT2D eigenvalue weighted by Crippen LogP contribution is 2.30. The van der Waals surface area contributed by atoms with Crippen LogP contribution in [0, 0.1) is 6.92 Å². The SMILES string of the molecule is Cc1cc(CN(C)c2ccc(/C=C3\N=COC3=O)cc2)c(O)c(-n2nc3ccccc3n2)c1. The highest BCUT2D eigenvalue weighted by molar-refractivity contribution is 6.01. The Hall–Kier alpha value is -4.46. The van der Waals surface area contributed by atoms with Crippen LogP contribution in [0.2, 0.25) is 0 Å². The first kappa shape index (κ1) is 20.4. The molecule has 0 spiro atoms. The minimum atomic E-state index is -0.457. The summed E-state index contributed by atoms with van der Waals surface area (Å²) in [5.41, 5.74) is 5.92. The summed E-state index contributed by atoms with van der Waals surface area (Å²) in [6.07, 6.45) is 2.82. The molecule has 164 valence electrons. The van der Waals surface area contributed by atoms with E-state index >= 15 is 0 Å². The van der Waals surface area contributed by atoms with Crippen LogP contribution in [-0.2, 0) is 16.1 Å². The van der Waals surface area contributed by atoms with E-state index in [9.17, 15) is 9.90 Å². The number of phenols is 1. The zero-order valence-electron chi connectivity index (χ0n) is 18.1. The molecule has 4 aromatic rings. The molecule has 0 unspecified atom stereocenters. The molecule has 5 rings (SSSR count). The number of benzene rings is 3. The third kappa shape index (κ3) is 4.06. The number of hydrogen-bond acceptors (Lipinski definition) is 7. The van der Waals surface area contributed by atoms with Gasteiger partial charge in [0.15, 0.2) is 12.1 Å². The number of rotatable bonds is 5. The van der Waals surface area contributed by atoms with Crippen molar-refractivity contribution in [3.05, 3.63) is 83.1 Å². The van der Waals surface area contributed by atoms with Crippen LogP contribution in [0.5, 0.6) is 5.75 Å². The Bertz CT molecular complexity index is 1390. The summed E-state index contributed by atoms with van der Waals surface area (Å²) in [7, 11) is 1.95. The lowest BCUT2D eigenvalue weighted by Crippen LogP contribution is -2.17. The van der Waals surface area contributed by atoms with Gasteiger partial charge in [-0.25, -0.2) is 9.79 Å². The van der Waals surface area contributed by atoms with Gasteiger partial charge in [0, 0.05) is 24.8 Å². The third-order valence-electron chi connectivity index (χ3n) is 5.42. The fourth-order valence-electron chi connectivity index (χ4n) is 3.74. The summed E-state index contributed by atoms with van der Waals surface area (Å²) in [5.74, 6) is -0.312. The topological polar surface area (TPSA) is 92.8 Å². The third-order valence-corrected chi connectivity index (χ3v) is 5.42. The van der Waals surface area contributed by atoms with E-state index < -0.39 is 5.97 Å². The summed E-state index contributed by atoms with van der Waals surface area (Å²) in [5, 5.41) is 20.0. The fraction of sp³-hybridized carbons (Fsp3) is 0.120. The van der Waals surface area contributed by atoms with Gasteiger partial charge < -0.3 is 14.7 Å². The van der Waals surface area contributed by atoms with Crippen molar-refractivity contribution in [2.75, 3.05) is 11.9 Å². The molecular weight excluding hydrogens is 418 g/mol. The van der Waals surface area contributed by atoms with Crippen molar-refractivity contribution < 1.29 is 14.6 Å². The van der Waals surface area contributed by atoms with Gasteiger partial charge in [0.2, 0.25) is 0 Å². The van der Waals surface area contributed by atoms with Crippen molar-refractivity contribution in [2.45, 2.75) is 13.5 Å². The van der Waals surface area contributed by atoms with Crippen LogP contribution < -0.4 is 4.90 Å². The molecule has 0 atom stereocenters. The maximum Gasteiger partial charge on any atom is 0.363 e. The average molecular weight is 439 g/mol. The number of carbonyl (C=O) groups is 1. The molecule has 8 heteroatoms. The number of fused-ring (bicyclic) bond motifs is 1. The fourth-order valence-corrected chi connectivity index (χ4v) is 3.74. The number of anilines is 1. The summed E-state index contributed by atoms with van der Waals surface area (Å²) in [6.45, 7) is 2.47. The van der Waals surface area contributed by atoms with Gasteiger partial charge in [-0.3, -0.25) is 0 Å². The number of aliphatic imine (C=N–C) groups is 1. The number of carbonyl (C=O) groups excluding carboxylic acids is 1. The van der Waals surface area contributed by atoms with Crippen LogP contribution in [0.25, 0.3) is 22.8 Å². The zero-order valence-corrected chi connectivity index (χ0v) is 18.1. The Kier molecular flexibility index (Phi) is 5.10. The molecule has 1 aliphatic rings. The molecule has 0 saturated heterocycles. The van der Waals surface area contributed by atoms with Crippen LogP contribution in [0.4, 0.5) is 5.69 Å². The first-order chi connectivity index (χ1) is 16.0. The normalized spacial score (nSPS) is 14.2. The molecule has 0 bridgehead atoms. The van der Waals surface area contributed by atoms with Crippen LogP contribution in [0.1, 0.15) is 16.7 Å². The van der Waals surface area contributed by atoms with Gasteiger partial charge in [0.25, 0.3) is 0 Å². The Balaban J connectivity index is 1.40.